The molecule has 3 aromatic rings. The van der Waals surface area contributed by atoms with Crippen LogP contribution >= 0.6 is 0 Å². The van der Waals surface area contributed by atoms with Crippen LogP contribution in [0.2, 0.25) is 0 Å². The molecule has 0 unspecified atom stereocenters. The number of aliphatic hydroxyl groups is 2. The Morgan fingerprint density at radius 2 is 0.973 bits per heavy atom. The zero-order valence-electron chi connectivity index (χ0n) is 43.5. The van der Waals surface area contributed by atoms with E-state index in [1.165, 1.54) is 11.1 Å². The van der Waals surface area contributed by atoms with E-state index in [9.17, 15) is 10.2 Å². The van der Waals surface area contributed by atoms with Gasteiger partial charge in [0.15, 0.2) is 11.5 Å². The third-order valence-corrected chi connectivity index (χ3v) is 10.8. The van der Waals surface area contributed by atoms with E-state index in [0.29, 0.717) is 120 Å². The number of aromatic amines is 1. The van der Waals surface area contributed by atoms with Crippen molar-refractivity contribution in [1.29, 1.82) is 0 Å². The van der Waals surface area contributed by atoms with Crippen LogP contribution in [0.25, 0.3) is 44.4 Å². The topological polar surface area (TPSA) is 288 Å². The van der Waals surface area contributed by atoms with Gasteiger partial charge in [-0.05, 0) is 97.9 Å². The summed E-state index contributed by atoms with van der Waals surface area (Å²) in [5.74, 6) is -0.728. The average Bonchev–Trinajstić information content (AvgIpc) is 3.94. The Kier molecular flexibility index (Phi) is 34.8. The molecule has 6 bridgehead atoms. The second kappa shape index (κ2) is 38.2. The fourth-order valence-corrected chi connectivity index (χ4v) is 7.41. The Bertz CT molecular complexity index is 2390. The van der Waals surface area contributed by atoms with Gasteiger partial charge in [-0.25, -0.2) is 9.97 Å². The number of benzene rings is 1. The molecule has 415 valence electrons. The number of fused-ring (bicyclic) bond motifs is 7. The van der Waals surface area contributed by atoms with Crippen molar-refractivity contribution in [3.05, 3.63) is 70.6 Å². The molecule has 0 fully saturated rings. The van der Waals surface area contributed by atoms with E-state index in [0.717, 1.165) is 77.1 Å². The van der Waals surface area contributed by atoms with Crippen LogP contribution in [0, 0.1) is 43.8 Å². The van der Waals surface area contributed by atoms with Crippen molar-refractivity contribution in [1.82, 2.24) is 24.9 Å². The molecule has 0 spiro atoms. The molecule has 0 atom stereocenters. The van der Waals surface area contributed by atoms with Gasteiger partial charge in [-0.3, -0.25) is 19.6 Å². The Hall–Kier alpha value is -4.45. The molecular formula is C52H77LuN5O15. The summed E-state index contributed by atoms with van der Waals surface area (Å²) in [7, 11) is 3.28. The van der Waals surface area contributed by atoms with Gasteiger partial charge < -0.3 is 68.8 Å². The summed E-state index contributed by atoms with van der Waals surface area (Å²) in [5.41, 5.74) is 12.7. The molecule has 0 saturated heterocycles. The molecule has 5 rings (SSSR count). The van der Waals surface area contributed by atoms with Crippen molar-refractivity contribution >= 4 is 56.3 Å². The molecule has 21 heteroatoms. The van der Waals surface area contributed by atoms with Gasteiger partial charge in [0.1, 0.15) is 13.2 Å². The van der Waals surface area contributed by atoms with Crippen LogP contribution in [-0.4, -0.2) is 169 Å². The fraction of sp³-hybridized carbons (Fsp3) is 0.538. The standard InChI is InChI=1S/C48H67N5O10.2C2H4O2.Lu.H2O/c1-7-35-36(8-2)40-28-42-38(12-10-14-55)34(4)46(53-42)32-50-44-30-48(63-26-24-61-22-20-59-18-16-57-6)47(62-25-23-60-21-19-58-17-15-56-5)29-43(44)49-31-45-33(3)37(11-9-13-54)41(52-45)27-39(35)51-40;2*1-2(3)4;;/h27-32,52,54-55H,7-26H2,1-6H3;2*1H3,(H,3,4);;1H2. The predicted octanol–water partition coefficient (Wildman–Crippen LogP) is 6.48. The van der Waals surface area contributed by atoms with Gasteiger partial charge in [0.05, 0.1) is 118 Å². The summed E-state index contributed by atoms with van der Waals surface area (Å²) < 4.78 is 45.3. The maximum absolute atomic E-state index is 9.86. The maximum Gasteiger partial charge on any atom is 0.300 e. The van der Waals surface area contributed by atoms with Crippen LogP contribution < -0.4 is 9.47 Å². The van der Waals surface area contributed by atoms with Crippen molar-refractivity contribution in [3.8, 4) is 11.5 Å². The molecule has 0 saturated carbocycles. The SMILES string of the molecule is CC(=O)O.CC(=O)O.CCC1=C(CC)c2cc3[nH]c(cnc4cc(OCCOCCOCCOC)c(OCCOCCOCCOC)cc4ncc4nc(cc1n2)C(CCCO)=C4C)c(C)c3CCCO.O.[Lu]. The summed E-state index contributed by atoms with van der Waals surface area (Å²) >= 11 is 0. The van der Waals surface area contributed by atoms with Crippen LogP contribution in [0.15, 0.2) is 36.7 Å². The number of aliphatic carboxylic acids is 2. The van der Waals surface area contributed by atoms with Crippen LogP contribution in [0.4, 0.5) is 0 Å². The van der Waals surface area contributed by atoms with E-state index in [4.69, 9.17) is 77.6 Å². The molecule has 0 aliphatic carbocycles. The number of nitrogens with one attached hydrogen (secondary N) is 1. The van der Waals surface area contributed by atoms with Crippen molar-refractivity contribution in [2.45, 2.75) is 80.1 Å². The first kappa shape index (κ1) is 66.6. The largest absolute Gasteiger partial charge is 0.487 e. The molecule has 2 aliphatic rings. The Balaban J connectivity index is 0.00000248. The monoisotopic (exact) mass is 1190 g/mol. The number of allylic oxidation sites excluding steroid dienone is 4. The summed E-state index contributed by atoms with van der Waals surface area (Å²) in [4.78, 5) is 42.0. The van der Waals surface area contributed by atoms with Gasteiger partial charge >= 0.3 is 0 Å². The number of H-pyrrole nitrogens is 1. The van der Waals surface area contributed by atoms with E-state index in [1.54, 1.807) is 20.4 Å². The number of hydrogen-bond acceptors (Lipinski definition) is 16. The Morgan fingerprint density at radius 1 is 0.562 bits per heavy atom. The summed E-state index contributed by atoms with van der Waals surface area (Å²) in [6.07, 6.45) is 7.76. The van der Waals surface area contributed by atoms with Crippen LogP contribution in [0.5, 0.6) is 11.5 Å². The van der Waals surface area contributed by atoms with E-state index in [1.807, 2.05) is 25.3 Å². The molecule has 1 radical (unpaired) electrons. The number of aryl methyl sites for hydroxylation is 2. The number of methoxy groups -OCH3 is 2. The summed E-state index contributed by atoms with van der Waals surface area (Å²) in [6.45, 7) is 15.7. The van der Waals surface area contributed by atoms with Crippen molar-refractivity contribution < 1.29 is 110 Å². The third kappa shape index (κ3) is 23.3. The second-order valence-corrected chi connectivity index (χ2v) is 16.0. The number of hydrogen-bond donors (Lipinski definition) is 5. The molecule has 73 heavy (non-hydrogen) atoms. The molecule has 2 aliphatic heterocycles. The van der Waals surface area contributed by atoms with Gasteiger partial charge in [0.2, 0.25) is 0 Å². The first-order valence-corrected chi connectivity index (χ1v) is 24.0. The van der Waals surface area contributed by atoms with Crippen LogP contribution in [-0.2, 0) is 44.4 Å². The normalized spacial score (nSPS) is 11.6. The first-order valence-electron chi connectivity index (χ1n) is 24.0. The van der Waals surface area contributed by atoms with E-state index in [-0.39, 0.29) is 68.8 Å². The average molecular weight is 1190 g/mol. The van der Waals surface area contributed by atoms with Gasteiger partial charge in [-0.2, -0.15) is 0 Å². The number of ether oxygens (including phenoxy) is 8. The van der Waals surface area contributed by atoms with Gasteiger partial charge in [-0.15, -0.1) is 0 Å². The number of aromatic nitrogens is 5. The van der Waals surface area contributed by atoms with E-state index < -0.39 is 11.9 Å². The Morgan fingerprint density at radius 3 is 1.44 bits per heavy atom. The molecule has 0 amide bonds. The number of carbonyl (C=O) groups is 2. The minimum atomic E-state index is -0.833. The number of carboxylic acid groups (broad SMARTS) is 2. The second-order valence-electron chi connectivity index (χ2n) is 16.0. The predicted molar refractivity (Wildman–Crippen MR) is 276 cm³/mol. The molecule has 20 nitrogen and oxygen atoms in total. The Labute approximate surface area is 457 Å². The minimum Gasteiger partial charge on any atom is -0.487 e. The number of carboxylic acids is 2. The van der Waals surface area contributed by atoms with Gasteiger partial charge in [0, 0.05) is 95.8 Å². The maximum atomic E-state index is 9.86. The van der Waals surface area contributed by atoms with Crippen molar-refractivity contribution in [2.24, 2.45) is 0 Å². The van der Waals surface area contributed by atoms with Gasteiger partial charge in [-0.1, -0.05) is 13.8 Å². The number of aliphatic hydroxyl groups excluding tert-OH is 2. The summed E-state index contributed by atoms with van der Waals surface area (Å²) in [6, 6.07) is 7.87. The fourth-order valence-electron chi connectivity index (χ4n) is 7.41. The van der Waals surface area contributed by atoms with Crippen molar-refractivity contribution in [2.75, 3.05) is 107 Å². The molecule has 7 N–H and O–H groups in total. The molecule has 1 aromatic carbocycles. The smallest absolute Gasteiger partial charge is 0.300 e. The van der Waals surface area contributed by atoms with E-state index >= 15 is 0 Å². The van der Waals surface area contributed by atoms with Gasteiger partial charge in [0.25, 0.3) is 11.9 Å². The zero-order valence-corrected chi connectivity index (χ0v) is 45.2. The third-order valence-electron chi connectivity index (χ3n) is 10.8. The quantitative estimate of drug-likeness (QED) is 0.0486. The number of nitrogens with zero attached hydrogens (tertiary/aromatic N) is 4. The number of rotatable bonds is 28. The van der Waals surface area contributed by atoms with Crippen molar-refractivity contribution in [3.63, 3.8) is 0 Å². The molecule has 4 heterocycles. The van der Waals surface area contributed by atoms with E-state index in [2.05, 4.69) is 37.9 Å². The zero-order chi connectivity index (χ0) is 52.0. The first-order chi connectivity index (χ1) is 34.3. The van der Waals surface area contributed by atoms with Crippen LogP contribution in [0.3, 0.4) is 0 Å². The van der Waals surface area contributed by atoms with Crippen LogP contribution in [0.1, 0.15) is 101 Å². The molecular weight excluding hydrogens is 1110 g/mol. The summed E-state index contributed by atoms with van der Waals surface area (Å²) in [5, 5.41) is 34.5. The minimum absolute atomic E-state index is 0. The molecule has 2 aromatic heterocycles.